The molecule has 0 unspecified atom stereocenters. The van der Waals surface area contributed by atoms with Crippen LogP contribution in [0.1, 0.15) is 19.3 Å². The van der Waals surface area contributed by atoms with Crippen LogP contribution >= 0.6 is 11.8 Å². The van der Waals surface area contributed by atoms with Gasteiger partial charge in [-0.1, -0.05) is 23.9 Å². The van der Waals surface area contributed by atoms with Crippen molar-refractivity contribution < 1.29 is 9.64 Å². The van der Waals surface area contributed by atoms with Crippen LogP contribution in [0.15, 0.2) is 29.4 Å². The summed E-state index contributed by atoms with van der Waals surface area (Å²) in [5.74, 6) is 2.78. The van der Waals surface area contributed by atoms with Gasteiger partial charge in [0.15, 0.2) is 11.0 Å². The first-order valence-electron chi connectivity index (χ1n) is 8.28. The molecule has 0 atom stereocenters. The highest BCUT2D eigenvalue weighted by atomic mass is 32.2. The smallest absolute Gasteiger partial charge is 0.191 e. The molecule has 5 nitrogen and oxygen atoms in total. The lowest BCUT2D eigenvalue weighted by Crippen LogP contribution is -3.13. The highest BCUT2D eigenvalue weighted by Gasteiger charge is 2.16. The predicted molar refractivity (Wildman–Crippen MR) is 93.1 cm³/mol. The van der Waals surface area contributed by atoms with Crippen molar-refractivity contribution in [1.29, 1.82) is 0 Å². The predicted octanol–water partition coefficient (Wildman–Crippen LogP) is 1.65. The van der Waals surface area contributed by atoms with E-state index >= 15 is 0 Å². The van der Waals surface area contributed by atoms with Crippen LogP contribution in [0.2, 0.25) is 0 Å². The molecule has 0 bridgehead atoms. The first-order chi connectivity index (χ1) is 11.3. The summed E-state index contributed by atoms with van der Waals surface area (Å²) in [5.41, 5.74) is 0.985. The summed E-state index contributed by atoms with van der Waals surface area (Å²) in [5, 5.41) is 9.70. The molecule has 0 amide bonds. The largest absolute Gasteiger partial charge is 0.496 e. The van der Waals surface area contributed by atoms with Gasteiger partial charge in [0.1, 0.15) is 5.75 Å². The van der Waals surface area contributed by atoms with E-state index in [4.69, 9.17) is 4.74 Å². The number of nitrogens with zero attached hydrogens (tertiary/aromatic N) is 3. The lowest BCUT2D eigenvalue weighted by Gasteiger charge is -2.23. The third kappa shape index (κ3) is 3.87. The van der Waals surface area contributed by atoms with E-state index in [9.17, 15) is 0 Å². The zero-order chi connectivity index (χ0) is 16.1. The Bertz CT molecular complexity index is 637. The van der Waals surface area contributed by atoms with Crippen LogP contribution in [0, 0.1) is 0 Å². The molecule has 124 valence electrons. The van der Waals surface area contributed by atoms with Crippen molar-refractivity contribution in [2.45, 2.75) is 24.4 Å². The first-order valence-corrected chi connectivity index (χ1v) is 9.27. The summed E-state index contributed by atoms with van der Waals surface area (Å²) in [4.78, 5) is 1.73. The van der Waals surface area contributed by atoms with Crippen molar-refractivity contribution in [3.05, 3.63) is 24.3 Å². The third-order valence-electron chi connectivity index (χ3n) is 4.43. The lowest BCUT2D eigenvalue weighted by molar-refractivity contribution is -0.902. The van der Waals surface area contributed by atoms with Gasteiger partial charge in [-0.3, -0.25) is 0 Å². The maximum Gasteiger partial charge on any atom is 0.191 e. The van der Waals surface area contributed by atoms with Crippen LogP contribution in [0.3, 0.4) is 0 Å². The minimum Gasteiger partial charge on any atom is -0.496 e. The van der Waals surface area contributed by atoms with Gasteiger partial charge in [-0.2, -0.15) is 0 Å². The molecule has 0 saturated carbocycles. The Morgan fingerprint density at radius 1 is 1.17 bits per heavy atom. The Labute approximate surface area is 142 Å². The zero-order valence-corrected chi connectivity index (χ0v) is 14.7. The minimum atomic E-state index is 0.831. The van der Waals surface area contributed by atoms with Crippen molar-refractivity contribution in [2.24, 2.45) is 7.05 Å². The monoisotopic (exact) mass is 333 g/mol. The molecular weight excluding hydrogens is 308 g/mol. The summed E-state index contributed by atoms with van der Waals surface area (Å²) in [6, 6.07) is 7.94. The number of hydrogen-bond donors (Lipinski definition) is 1. The Kier molecular flexibility index (Phi) is 5.56. The average Bonchev–Trinajstić information content (AvgIpc) is 2.96. The molecule has 1 aliphatic rings. The fourth-order valence-electron chi connectivity index (χ4n) is 3.09. The van der Waals surface area contributed by atoms with Crippen LogP contribution in [-0.4, -0.2) is 47.3 Å². The van der Waals surface area contributed by atoms with Gasteiger partial charge in [0.05, 0.1) is 38.1 Å². The lowest BCUT2D eigenvalue weighted by atomic mass is 10.1. The van der Waals surface area contributed by atoms with Gasteiger partial charge in [-0.25, -0.2) is 0 Å². The molecule has 3 rings (SSSR count). The number of likely N-dealkylation sites (tertiary alicyclic amines) is 1. The molecule has 0 aliphatic carbocycles. The molecule has 2 aromatic rings. The van der Waals surface area contributed by atoms with E-state index in [1.54, 1.807) is 23.8 Å². The number of rotatable bonds is 6. The SMILES string of the molecule is COc1ccccc1-c1nnc(SCC[NH+]2CCCCC2)n1C. The first kappa shape index (κ1) is 16.3. The Morgan fingerprint density at radius 3 is 2.74 bits per heavy atom. The number of ether oxygens (including phenoxy) is 1. The highest BCUT2D eigenvalue weighted by molar-refractivity contribution is 7.99. The molecule has 1 aromatic heterocycles. The average molecular weight is 333 g/mol. The van der Waals surface area contributed by atoms with Gasteiger partial charge < -0.3 is 14.2 Å². The van der Waals surface area contributed by atoms with E-state index in [1.165, 1.54) is 38.9 Å². The number of benzene rings is 1. The van der Waals surface area contributed by atoms with Crippen LogP contribution in [0.4, 0.5) is 0 Å². The third-order valence-corrected chi connectivity index (χ3v) is 5.45. The maximum atomic E-state index is 5.43. The fraction of sp³-hybridized carbons (Fsp3) is 0.529. The number of piperidine rings is 1. The van der Waals surface area contributed by atoms with E-state index in [0.29, 0.717) is 0 Å². The highest BCUT2D eigenvalue weighted by Crippen LogP contribution is 2.29. The Morgan fingerprint density at radius 2 is 1.96 bits per heavy atom. The second kappa shape index (κ2) is 7.84. The number of quaternary nitrogens is 1. The second-order valence-corrected chi connectivity index (χ2v) is 7.04. The van der Waals surface area contributed by atoms with Gasteiger partial charge in [0.25, 0.3) is 0 Å². The molecular formula is C17H25N4OS+. The van der Waals surface area contributed by atoms with Crippen molar-refractivity contribution in [3.63, 3.8) is 0 Å². The number of para-hydroxylation sites is 1. The van der Waals surface area contributed by atoms with Crippen molar-refractivity contribution >= 4 is 11.8 Å². The summed E-state index contributed by atoms with van der Waals surface area (Å²) < 4.78 is 7.50. The normalized spacial score (nSPS) is 15.7. The van der Waals surface area contributed by atoms with E-state index in [0.717, 1.165) is 28.0 Å². The molecule has 1 aliphatic heterocycles. The molecule has 1 saturated heterocycles. The molecule has 2 heterocycles. The molecule has 1 fully saturated rings. The molecule has 0 spiro atoms. The number of hydrogen-bond acceptors (Lipinski definition) is 4. The fourth-order valence-corrected chi connectivity index (χ4v) is 4.04. The van der Waals surface area contributed by atoms with Crippen molar-refractivity contribution in [2.75, 3.05) is 32.5 Å². The second-order valence-electron chi connectivity index (χ2n) is 5.97. The zero-order valence-electron chi connectivity index (χ0n) is 13.9. The van der Waals surface area contributed by atoms with E-state index in [-0.39, 0.29) is 0 Å². The standard InChI is InChI=1S/C17H24N4OS/c1-20-16(14-8-4-5-9-15(14)22-2)18-19-17(20)23-13-12-21-10-6-3-7-11-21/h4-5,8-9H,3,6-7,10-13H2,1-2H3/p+1. The summed E-state index contributed by atoms with van der Waals surface area (Å²) >= 11 is 1.80. The molecule has 1 N–H and O–H groups in total. The van der Waals surface area contributed by atoms with Crippen molar-refractivity contribution in [1.82, 2.24) is 14.8 Å². The van der Waals surface area contributed by atoms with Gasteiger partial charge >= 0.3 is 0 Å². The van der Waals surface area contributed by atoms with Crippen molar-refractivity contribution in [3.8, 4) is 17.1 Å². The van der Waals surface area contributed by atoms with E-state index in [2.05, 4.69) is 14.8 Å². The number of aromatic nitrogens is 3. The summed E-state index contributed by atoms with van der Waals surface area (Å²) in [6.45, 7) is 3.86. The van der Waals surface area contributed by atoms with E-state index in [1.807, 2.05) is 31.3 Å². The molecule has 1 aromatic carbocycles. The molecule has 0 radical (unpaired) electrons. The Hall–Kier alpha value is -1.53. The maximum absolute atomic E-state index is 5.43. The van der Waals surface area contributed by atoms with Crippen LogP contribution in [0.5, 0.6) is 5.75 Å². The van der Waals surface area contributed by atoms with E-state index < -0.39 is 0 Å². The quantitative estimate of drug-likeness (QED) is 0.817. The number of methoxy groups -OCH3 is 1. The number of thioether (sulfide) groups is 1. The topological polar surface area (TPSA) is 44.4 Å². The summed E-state index contributed by atoms with van der Waals surface area (Å²) in [7, 11) is 3.71. The van der Waals surface area contributed by atoms with Gasteiger partial charge in [0.2, 0.25) is 0 Å². The number of nitrogens with one attached hydrogen (secondary N) is 1. The van der Waals surface area contributed by atoms with Crippen LogP contribution < -0.4 is 9.64 Å². The van der Waals surface area contributed by atoms with Crippen LogP contribution in [0.25, 0.3) is 11.4 Å². The summed E-state index contributed by atoms with van der Waals surface area (Å²) in [6.07, 6.45) is 4.16. The Balaban J connectivity index is 1.64. The molecule has 23 heavy (non-hydrogen) atoms. The van der Waals surface area contributed by atoms with Gasteiger partial charge in [-0.05, 0) is 31.4 Å². The minimum absolute atomic E-state index is 0.831. The van der Waals surface area contributed by atoms with Gasteiger partial charge in [0, 0.05) is 7.05 Å². The van der Waals surface area contributed by atoms with Gasteiger partial charge in [-0.15, -0.1) is 10.2 Å². The molecule has 6 heteroatoms. The van der Waals surface area contributed by atoms with Crippen LogP contribution in [-0.2, 0) is 7.05 Å².